The van der Waals surface area contributed by atoms with Gasteiger partial charge < -0.3 is 15.4 Å². The van der Waals surface area contributed by atoms with Crippen molar-refractivity contribution >= 4 is 16.7 Å². The second kappa shape index (κ2) is 11.0. The molecule has 3 N–H and O–H groups in total. The summed E-state index contributed by atoms with van der Waals surface area (Å²) in [5.74, 6) is 0.000735. The van der Waals surface area contributed by atoms with Crippen LogP contribution in [0.15, 0.2) is 91.4 Å². The summed E-state index contributed by atoms with van der Waals surface area (Å²) in [5, 5.41) is 26.8. The summed E-state index contributed by atoms with van der Waals surface area (Å²) in [6.07, 6.45) is 6.19. The molecule has 0 aliphatic heterocycles. The van der Waals surface area contributed by atoms with E-state index in [9.17, 15) is 4.79 Å². The highest BCUT2D eigenvalue weighted by molar-refractivity contribution is 6.11. The molecule has 0 amide bonds. The Morgan fingerprint density at radius 1 is 1.08 bits per heavy atom. The standard InChI is InChI=1S/C30H27N5O2/c31-17-22-8-6-21(7-9-22)12-13-32-29(23-4-2-1-3-5-23)30(37)27-19-33-28-16-24(10-11-26(27)28)25-18-34-35(20-25)14-15-36/h1-11,16,18-20,29,32-33,36H,12-15H2. The first-order valence-electron chi connectivity index (χ1n) is 12.2. The summed E-state index contributed by atoms with van der Waals surface area (Å²) in [6.45, 7) is 1.09. The van der Waals surface area contributed by atoms with Crippen LogP contribution in [0.3, 0.4) is 0 Å². The first kappa shape index (κ1) is 24.2. The Bertz CT molecular complexity index is 1540. The lowest BCUT2D eigenvalue weighted by Crippen LogP contribution is -2.30. The van der Waals surface area contributed by atoms with Gasteiger partial charge in [-0.15, -0.1) is 0 Å². The Morgan fingerprint density at radius 3 is 2.65 bits per heavy atom. The molecule has 0 saturated carbocycles. The van der Waals surface area contributed by atoms with Crippen LogP contribution in [0.25, 0.3) is 22.0 Å². The summed E-state index contributed by atoms with van der Waals surface area (Å²) in [7, 11) is 0. The van der Waals surface area contributed by atoms with Gasteiger partial charge in [0.15, 0.2) is 5.78 Å². The number of H-pyrrole nitrogens is 1. The molecule has 0 radical (unpaired) electrons. The van der Waals surface area contributed by atoms with Crippen LogP contribution in [0.4, 0.5) is 0 Å². The van der Waals surface area contributed by atoms with E-state index >= 15 is 0 Å². The van der Waals surface area contributed by atoms with E-state index in [2.05, 4.69) is 21.5 Å². The van der Waals surface area contributed by atoms with Crippen LogP contribution in [0.1, 0.15) is 33.1 Å². The molecule has 0 aliphatic carbocycles. The fourth-order valence-corrected chi connectivity index (χ4v) is 4.52. The number of aromatic nitrogens is 3. The fraction of sp³-hybridized carbons (Fsp3) is 0.167. The van der Waals surface area contributed by atoms with Crippen molar-refractivity contribution in [3.05, 3.63) is 114 Å². The molecule has 5 aromatic rings. The third kappa shape index (κ3) is 5.36. The van der Waals surface area contributed by atoms with E-state index in [0.29, 0.717) is 24.2 Å². The monoisotopic (exact) mass is 489 g/mol. The van der Waals surface area contributed by atoms with Crippen LogP contribution >= 0.6 is 0 Å². The van der Waals surface area contributed by atoms with Gasteiger partial charge in [0.25, 0.3) is 0 Å². The van der Waals surface area contributed by atoms with Crippen LogP contribution in [-0.2, 0) is 13.0 Å². The predicted molar refractivity (Wildman–Crippen MR) is 143 cm³/mol. The number of aliphatic hydroxyl groups excluding tert-OH is 1. The van der Waals surface area contributed by atoms with Crippen LogP contribution in [0.2, 0.25) is 0 Å². The van der Waals surface area contributed by atoms with Gasteiger partial charge >= 0.3 is 0 Å². The van der Waals surface area contributed by atoms with Crippen molar-refractivity contribution in [2.24, 2.45) is 0 Å². The van der Waals surface area contributed by atoms with Gasteiger partial charge in [-0.2, -0.15) is 10.4 Å². The maximum Gasteiger partial charge on any atom is 0.186 e. The highest BCUT2D eigenvalue weighted by atomic mass is 16.3. The summed E-state index contributed by atoms with van der Waals surface area (Å²) >= 11 is 0. The summed E-state index contributed by atoms with van der Waals surface area (Å²) in [4.78, 5) is 17.1. The number of nitriles is 1. The van der Waals surface area contributed by atoms with E-state index in [4.69, 9.17) is 10.4 Å². The molecular weight excluding hydrogens is 462 g/mol. The molecule has 0 saturated heterocycles. The van der Waals surface area contributed by atoms with E-state index in [0.717, 1.165) is 39.6 Å². The molecule has 7 nitrogen and oxygen atoms in total. The van der Waals surface area contributed by atoms with Gasteiger partial charge in [0.05, 0.1) is 37.0 Å². The molecule has 2 heterocycles. The highest BCUT2D eigenvalue weighted by Crippen LogP contribution is 2.29. The third-order valence-electron chi connectivity index (χ3n) is 6.48. The van der Waals surface area contributed by atoms with Crippen LogP contribution in [-0.4, -0.2) is 38.8 Å². The minimum Gasteiger partial charge on any atom is -0.394 e. The molecule has 0 spiro atoms. The van der Waals surface area contributed by atoms with Crippen molar-refractivity contribution in [1.82, 2.24) is 20.1 Å². The summed E-state index contributed by atoms with van der Waals surface area (Å²) in [5.41, 5.74) is 6.09. The van der Waals surface area contributed by atoms with Crippen LogP contribution in [0, 0.1) is 11.3 Å². The van der Waals surface area contributed by atoms with E-state index in [1.807, 2.05) is 79.0 Å². The summed E-state index contributed by atoms with van der Waals surface area (Å²) in [6, 6.07) is 24.9. The minimum atomic E-state index is -0.491. The second-order valence-electron chi connectivity index (χ2n) is 8.90. The Kier molecular flexibility index (Phi) is 7.22. The van der Waals surface area contributed by atoms with Gasteiger partial charge in [-0.05, 0) is 41.3 Å². The second-order valence-corrected chi connectivity index (χ2v) is 8.90. The number of nitrogens with one attached hydrogen (secondary N) is 2. The Balaban J connectivity index is 1.37. The first-order chi connectivity index (χ1) is 18.2. The van der Waals surface area contributed by atoms with Gasteiger partial charge in [0.2, 0.25) is 0 Å². The lowest BCUT2D eigenvalue weighted by Gasteiger charge is -2.18. The van der Waals surface area contributed by atoms with E-state index in [-0.39, 0.29) is 12.4 Å². The number of ketones is 1. The molecule has 7 heteroatoms. The van der Waals surface area contributed by atoms with Gasteiger partial charge in [-0.25, -0.2) is 0 Å². The molecule has 0 aliphatic rings. The first-order valence-corrected chi connectivity index (χ1v) is 12.2. The van der Waals surface area contributed by atoms with Gasteiger partial charge in [0, 0.05) is 41.0 Å². The quantitative estimate of drug-likeness (QED) is 0.248. The number of fused-ring (bicyclic) bond motifs is 1. The maximum atomic E-state index is 13.8. The molecule has 184 valence electrons. The number of nitrogens with zero attached hydrogens (tertiary/aromatic N) is 3. The zero-order chi connectivity index (χ0) is 25.6. The smallest absolute Gasteiger partial charge is 0.186 e. The molecular formula is C30H27N5O2. The normalized spacial score (nSPS) is 11.9. The number of aliphatic hydroxyl groups is 1. The van der Waals surface area contributed by atoms with Crippen molar-refractivity contribution < 1.29 is 9.90 Å². The molecule has 1 atom stereocenters. The Hall–Kier alpha value is -4.51. The number of hydrogen-bond acceptors (Lipinski definition) is 5. The SMILES string of the molecule is N#Cc1ccc(CCNC(C(=O)c2c[nH]c3cc(-c4cnn(CCO)c4)ccc23)c2ccccc2)cc1. The summed E-state index contributed by atoms with van der Waals surface area (Å²) < 4.78 is 1.71. The highest BCUT2D eigenvalue weighted by Gasteiger charge is 2.24. The molecule has 0 bridgehead atoms. The van der Waals surface area contributed by atoms with Crippen molar-refractivity contribution in [3.8, 4) is 17.2 Å². The van der Waals surface area contributed by atoms with Gasteiger partial charge in [0.1, 0.15) is 0 Å². The van der Waals surface area contributed by atoms with Crippen molar-refractivity contribution in [2.45, 2.75) is 19.0 Å². The number of carbonyl (C=O) groups excluding carboxylic acids is 1. The van der Waals surface area contributed by atoms with Gasteiger partial charge in [-0.3, -0.25) is 9.48 Å². The van der Waals surface area contributed by atoms with Crippen molar-refractivity contribution in [2.75, 3.05) is 13.2 Å². The molecule has 5 rings (SSSR count). The van der Waals surface area contributed by atoms with Gasteiger partial charge in [-0.1, -0.05) is 54.6 Å². The van der Waals surface area contributed by atoms with Crippen molar-refractivity contribution in [3.63, 3.8) is 0 Å². The Morgan fingerprint density at radius 2 is 1.89 bits per heavy atom. The van der Waals surface area contributed by atoms with Crippen LogP contribution < -0.4 is 5.32 Å². The zero-order valence-corrected chi connectivity index (χ0v) is 20.3. The zero-order valence-electron chi connectivity index (χ0n) is 20.3. The minimum absolute atomic E-state index is 0.000735. The largest absolute Gasteiger partial charge is 0.394 e. The van der Waals surface area contributed by atoms with E-state index in [1.165, 1.54) is 0 Å². The molecule has 2 aromatic heterocycles. The van der Waals surface area contributed by atoms with E-state index < -0.39 is 6.04 Å². The lowest BCUT2D eigenvalue weighted by molar-refractivity contribution is 0.0945. The number of rotatable bonds is 10. The van der Waals surface area contributed by atoms with Crippen LogP contribution in [0.5, 0.6) is 0 Å². The lowest BCUT2D eigenvalue weighted by atomic mass is 9.96. The maximum absolute atomic E-state index is 13.8. The molecule has 1 unspecified atom stereocenters. The molecule has 37 heavy (non-hydrogen) atoms. The molecule has 0 fully saturated rings. The topological polar surface area (TPSA) is 107 Å². The van der Waals surface area contributed by atoms with E-state index in [1.54, 1.807) is 17.1 Å². The predicted octanol–water partition coefficient (Wildman–Crippen LogP) is 4.65. The number of benzene rings is 3. The average Bonchev–Trinajstić information content (AvgIpc) is 3.59. The number of aromatic amines is 1. The fourth-order valence-electron chi connectivity index (χ4n) is 4.52. The molecule has 3 aromatic carbocycles. The number of carbonyl (C=O) groups is 1. The third-order valence-corrected chi connectivity index (χ3v) is 6.48. The number of Topliss-reactive ketones (excluding diaryl/α,β-unsaturated/α-hetero) is 1. The average molecular weight is 490 g/mol. The Labute approximate surface area is 215 Å². The number of hydrogen-bond donors (Lipinski definition) is 3. The van der Waals surface area contributed by atoms with Crippen molar-refractivity contribution in [1.29, 1.82) is 5.26 Å².